The smallest absolute Gasteiger partial charge is 0.332 e. The Hall–Kier alpha value is -1.30. The van der Waals surface area contributed by atoms with Crippen LogP contribution in [-0.2, 0) is 6.18 Å². The van der Waals surface area contributed by atoms with Crippen molar-refractivity contribution in [3.05, 3.63) is 46.5 Å². The van der Waals surface area contributed by atoms with E-state index in [0.29, 0.717) is 4.47 Å². The number of hydrogen-bond acceptors (Lipinski definition) is 1. The molecule has 110 valence electrons. The summed E-state index contributed by atoms with van der Waals surface area (Å²) in [6.07, 6.45) is -2.93. The van der Waals surface area contributed by atoms with Crippen LogP contribution in [-0.4, -0.2) is 23.4 Å². The lowest BCUT2D eigenvalue weighted by Gasteiger charge is -2.26. The van der Waals surface area contributed by atoms with Gasteiger partial charge in [-0.2, -0.15) is 13.2 Å². The number of halogens is 4. The molecule has 0 fully saturated rings. The van der Waals surface area contributed by atoms with Crippen LogP contribution < -0.4 is 0 Å². The van der Waals surface area contributed by atoms with Crippen LogP contribution in [0.4, 0.5) is 13.2 Å². The zero-order valence-corrected chi connectivity index (χ0v) is 12.8. The second-order valence-electron chi connectivity index (χ2n) is 4.53. The summed E-state index contributed by atoms with van der Waals surface area (Å²) in [7, 11) is 0. The minimum absolute atomic E-state index is 0.00428. The van der Waals surface area contributed by atoms with Crippen molar-refractivity contribution < 1.29 is 18.0 Å². The number of amides is 1. The van der Waals surface area contributed by atoms with Crippen molar-refractivity contribution >= 4 is 21.8 Å². The molecule has 0 aliphatic heterocycles. The van der Waals surface area contributed by atoms with Gasteiger partial charge in [0.15, 0.2) is 0 Å². The van der Waals surface area contributed by atoms with E-state index in [9.17, 15) is 18.0 Å². The molecule has 0 aliphatic carbocycles. The highest BCUT2D eigenvalue weighted by molar-refractivity contribution is 9.10. The van der Waals surface area contributed by atoms with E-state index < -0.39 is 17.6 Å². The van der Waals surface area contributed by atoms with Crippen LogP contribution in [0.1, 0.15) is 29.8 Å². The van der Waals surface area contributed by atoms with Crippen molar-refractivity contribution in [2.45, 2.75) is 26.1 Å². The molecule has 2 nitrogen and oxygen atoms in total. The molecule has 0 aromatic heterocycles. The lowest BCUT2D eigenvalue weighted by atomic mass is 10.1. The zero-order valence-electron chi connectivity index (χ0n) is 11.2. The largest absolute Gasteiger partial charge is 0.416 e. The normalized spacial score (nSPS) is 11.6. The van der Waals surface area contributed by atoms with Gasteiger partial charge in [-0.1, -0.05) is 6.08 Å². The first-order valence-corrected chi connectivity index (χ1v) is 6.76. The summed E-state index contributed by atoms with van der Waals surface area (Å²) in [4.78, 5) is 13.8. The van der Waals surface area contributed by atoms with Crippen LogP contribution in [0.5, 0.6) is 0 Å². The predicted octanol–water partition coefficient (Wildman–Crippen LogP) is 4.50. The number of benzene rings is 1. The molecule has 0 spiro atoms. The van der Waals surface area contributed by atoms with E-state index in [-0.39, 0.29) is 18.2 Å². The fourth-order valence-electron chi connectivity index (χ4n) is 1.69. The summed E-state index contributed by atoms with van der Waals surface area (Å²) >= 11 is 3.13. The van der Waals surface area contributed by atoms with E-state index in [0.717, 1.165) is 12.1 Å². The average Bonchev–Trinajstić information content (AvgIpc) is 2.34. The fourth-order valence-corrected chi connectivity index (χ4v) is 2.10. The van der Waals surface area contributed by atoms with E-state index >= 15 is 0 Å². The van der Waals surface area contributed by atoms with Gasteiger partial charge in [-0.25, -0.2) is 0 Å². The average molecular weight is 350 g/mol. The first-order valence-electron chi connectivity index (χ1n) is 5.97. The monoisotopic (exact) mass is 349 g/mol. The fraction of sp³-hybridized carbons (Fsp3) is 0.357. The molecule has 6 heteroatoms. The predicted molar refractivity (Wildman–Crippen MR) is 75.5 cm³/mol. The van der Waals surface area contributed by atoms with Crippen molar-refractivity contribution in [1.29, 1.82) is 0 Å². The van der Waals surface area contributed by atoms with Crippen LogP contribution in [0.3, 0.4) is 0 Å². The molecule has 1 rings (SSSR count). The molecule has 0 bridgehead atoms. The topological polar surface area (TPSA) is 20.3 Å². The minimum Gasteiger partial charge on any atom is -0.332 e. The number of hydrogen-bond donors (Lipinski definition) is 0. The van der Waals surface area contributed by atoms with E-state index in [4.69, 9.17) is 0 Å². The number of carbonyl (C=O) groups excluding carboxylic acids is 1. The third-order valence-electron chi connectivity index (χ3n) is 2.73. The molecular formula is C14H15BrF3NO. The summed E-state index contributed by atoms with van der Waals surface area (Å²) in [5, 5.41) is 0. The van der Waals surface area contributed by atoms with Crippen LogP contribution in [0.15, 0.2) is 35.3 Å². The molecule has 1 aromatic rings. The number of alkyl halides is 3. The molecule has 0 saturated heterocycles. The van der Waals surface area contributed by atoms with Gasteiger partial charge in [0.05, 0.1) is 11.1 Å². The van der Waals surface area contributed by atoms with Gasteiger partial charge in [-0.15, -0.1) is 6.58 Å². The second kappa shape index (κ2) is 6.43. The zero-order chi connectivity index (χ0) is 15.5. The van der Waals surface area contributed by atoms with Crippen molar-refractivity contribution in [3.63, 3.8) is 0 Å². The van der Waals surface area contributed by atoms with Gasteiger partial charge in [-0.3, -0.25) is 4.79 Å². The first kappa shape index (κ1) is 16.8. The van der Waals surface area contributed by atoms with Gasteiger partial charge in [-0.05, 0) is 48.0 Å². The lowest BCUT2D eigenvalue weighted by Crippen LogP contribution is -2.37. The molecule has 0 heterocycles. The Morgan fingerprint density at radius 3 is 2.50 bits per heavy atom. The second-order valence-corrected chi connectivity index (χ2v) is 5.39. The van der Waals surface area contributed by atoms with E-state index in [1.165, 1.54) is 11.0 Å². The van der Waals surface area contributed by atoms with E-state index in [2.05, 4.69) is 22.5 Å². The Balaban J connectivity index is 3.23. The Kier molecular flexibility index (Phi) is 5.39. The molecule has 20 heavy (non-hydrogen) atoms. The van der Waals surface area contributed by atoms with Crippen molar-refractivity contribution in [1.82, 2.24) is 4.90 Å². The maximum atomic E-state index is 12.7. The highest BCUT2D eigenvalue weighted by atomic mass is 79.9. The third-order valence-corrected chi connectivity index (χ3v) is 3.43. The van der Waals surface area contributed by atoms with Crippen LogP contribution >= 0.6 is 15.9 Å². The first-order chi connectivity index (χ1) is 9.18. The van der Waals surface area contributed by atoms with Crippen LogP contribution in [0, 0.1) is 0 Å². The maximum Gasteiger partial charge on any atom is 0.416 e. The number of rotatable bonds is 4. The van der Waals surface area contributed by atoms with Gasteiger partial charge < -0.3 is 4.90 Å². The van der Waals surface area contributed by atoms with Crippen molar-refractivity contribution in [3.8, 4) is 0 Å². The van der Waals surface area contributed by atoms with Gasteiger partial charge >= 0.3 is 6.18 Å². The summed E-state index contributed by atoms with van der Waals surface area (Å²) in [6, 6.07) is 2.91. The van der Waals surface area contributed by atoms with Crippen molar-refractivity contribution in [2.75, 3.05) is 6.54 Å². The van der Waals surface area contributed by atoms with Gasteiger partial charge in [0, 0.05) is 17.1 Å². The Labute approximate surface area is 124 Å². The van der Waals surface area contributed by atoms with Gasteiger partial charge in [0.1, 0.15) is 0 Å². The number of nitrogens with zero attached hydrogens (tertiary/aromatic N) is 1. The third kappa shape index (κ3) is 3.85. The molecule has 0 unspecified atom stereocenters. The molecule has 0 N–H and O–H groups in total. The molecular weight excluding hydrogens is 335 g/mol. The quantitative estimate of drug-likeness (QED) is 0.732. The summed E-state index contributed by atoms with van der Waals surface area (Å²) in [6.45, 7) is 7.42. The summed E-state index contributed by atoms with van der Waals surface area (Å²) < 4.78 is 38.5. The Bertz CT molecular complexity index is 512. The van der Waals surface area contributed by atoms with Crippen LogP contribution in [0.2, 0.25) is 0 Å². The standard InChI is InChI=1S/C14H15BrF3NO/c1-4-7-19(9(2)3)13(20)11-8-10(14(16,17)18)5-6-12(11)15/h4-6,8-9H,1,7H2,2-3H3. The van der Waals surface area contributed by atoms with E-state index in [1.807, 2.05) is 0 Å². The highest BCUT2D eigenvalue weighted by Gasteiger charge is 2.32. The van der Waals surface area contributed by atoms with Crippen molar-refractivity contribution in [2.24, 2.45) is 0 Å². The number of carbonyl (C=O) groups is 1. The van der Waals surface area contributed by atoms with Gasteiger partial charge in [0.2, 0.25) is 0 Å². The molecule has 0 saturated carbocycles. The summed E-state index contributed by atoms with van der Waals surface area (Å²) in [5.74, 6) is -0.460. The molecule has 0 radical (unpaired) electrons. The molecule has 0 atom stereocenters. The summed E-state index contributed by atoms with van der Waals surface area (Å²) in [5.41, 5.74) is -0.846. The molecule has 1 amide bonds. The molecule has 0 aliphatic rings. The Morgan fingerprint density at radius 1 is 1.45 bits per heavy atom. The lowest BCUT2D eigenvalue weighted by molar-refractivity contribution is -0.137. The van der Waals surface area contributed by atoms with E-state index in [1.54, 1.807) is 19.9 Å². The minimum atomic E-state index is -4.48. The Morgan fingerprint density at radius 2 is 2.05 bits per heavy atom. The molecule has 1 aromatic carbocycles. The van der Waals surface area contributed by atoms with Gasteiger partial charge in [0.25, 0.3) is 5.91 Å². The maximum absolute atomic E-state index is 12.7. The highest BCUT2D eigenvalue weighted by Crippen LogP contribution is 2.32. The SMILES string of the molecule is C=CCN(C(=O)c1cc(C(F)(F)F)ccc1Br)C(C)C. The van der Waals surface area contributed by atoms with Crippen LogP contribution in [0.25, 0.3) is 0 Å².